The maximum Gasteiger partial charge on any atom is 0.284 e. The van der Waals surface area contributed by atoms with Crippen molar-refractivity contribution in [3.8, 4) is 0 Å². The minimum Gasteiger partial charge on any atom is -0.318 e. The largest absolute Gasteiger partial charge is 0.318 e. The summed E-state index contributed by atoms with van der Waals surface area (Å²) in [4.78, 5) is 15.8. The molecule has 3 nitrogen and oxygen atoms in total. The van der Waals surface area contributed by atoms with Gasteiger partial charge in [0.15, 0.2) is 5.01 Å². The van der Waals surface area contributed by atoms with Crippen LogP contribution in [-0.4, -0.2) is 10.9 Å². The van der Waals surface area contributed by atoms with Crippen LogP contribution in [0.5, 0.6) is 0 Å². The number of hydrogen-bond donors (Lipinski definition) is 1. The summed E-state index contributed by atoms with van der Waals surface area (Å²) in [5.41, 5.74) is 2.66. The average Bonchev–Trinajstić information content (AvgIpc) is 2.76. The smallest absolute Gasteiger partial charge is 0.284 e. The predicted molar refractivity (Wildman–Crippen MR) is 71.0 cm³/mol. The molecule has 2 rings (SSSR count). The van der Waals surface area contributed by atoms with Crippen LogP contribution in [0.2, 0.25) is 5.02 Å². The number of aromatic nitrogens is 1. The molecule has 0 unspecified atom stereocenters. The van der Waals surface area contributed by atoms with Gasteiger partial charge in [0.25, 0.3) is 5.91 Å². The maximum atomic E-state index is 11.8. The van der Waals surface area contributed by atoms with Crippen LogP contribution in [0.25, 0.3) is 0 Å². The molecule has 0 aliphatic carbocycles. The molecule has 2 aromatic rings. The third-order valence-electron chi connectivity index (χ3n) is 2.30. The highest BCUT2D eigenvalue weighted by Gasteiger charge is 2.12. The molecule has 0 saturated carbocycles. The molecule has 0 fully saturated rings. The molecule has 0 spiro atoms. The van der Waals surface area contributed by atoms with Gasteiger partial charge in [-0.2, -0.15) is 0 Å². The van der Waals surface area contributed by atoms with Gasteiger partial charge in [-0.05, 0) is 31.0 Å². The zero-order valence-corrected chi connectivity index (χ0v) is 11.0. The second-order valence-corrected chi connectivity index (χ2v) is 5.03. The number of thiazole rings is 1. The molecule has 0 aliphatic rings. The third kappa shape index (κ3) is 2.65. The molecular formula is C12H11ClN2OS. The molecule has 0 radical (unpaired) electrons. The summed E-state index contributed by atoms with van der Waals surface area (Å²) in [6, 6.07) is 3.80. The van der Waals surface area contributed by atoms with Crippen LogP contribution in [-0.2, 0) is 0 Å². The summed E-state index contributed by atoms with van der Waals surface area (Å²) in [5.74, 6) is -0.228. The highest BCUT2D eigenvalue weighted by Crippen LogP contribution is 2.27. The van der Waals surface area contributed by atoms with Crippen LogP contribution in [0.15, 0.2) is 23.7 Å². The standard InChI is InChI=1S/C12H11ClN2OS/c1-7-5-8(2)10(9(13)6-7)15-11(16)12-14-3-4-17-12/h3-6H,1-2H3,(H,15,16). The van der Waals surface area contributed by atoms with Crippen molar-refractivity contribution in [1.29, 1.82) is 0 Å². The lowest BCUT2D eigenvalue weighted by Gasteiger charge is -2.10. The van der Waals surface area contributed by atoms with Crippen LogP contribution < -0.4 is 5.32 Å². The average molecular weight is 267 g/mol. The molecule has 0 atom stereocenters. The van der Waals surface area contributed by atoms with Crippen molar-refractivity contribution >= 4 is 34.5 Å². The lowest BCUT2D eigenvalue weighted by molar-refractivity contribution is 0.102. The Hall–Kier alpha value is -1.39. The molecule has 1 aromatic carbocycles. The van der Waals surface area contributed by atoms with Gasteiger partial charge in [0.1, 0.15) is 0 Å². The first-order chi connectivity index (χ1) is 8.08. The first-order valence-corrected chi connectivity index (χ1v) is 6.31. The monoisotopic (exact) mass is 266 g/mol. The van der Waals surface area contributed by atoms with E-state index < -0.39 is 0 Å². The lowest BCUT2D eigenvalue weighted by atomic mass is 10.1. The number of amides is 1. The number of rotatable bonds is 2. The van der Waals surface area contributed by atoms with Gasteiger partial charge in [-0.3, -0.25) is 4.79 Å². The SMILES string of the molecule is Cc1cc(C)c(NC(=O)c2nccs2)c(Cl)c1. The molecule has 0 bridgehead atoms. The first kappa shape index (κ1) is 12.1. The Labute approximate surface area is 108 Å². The van der Waals surface area contributed by atoms with E-state index in [4.69, 9.17) is 11.6 Å². The van der Waals surface area contributed by atoms with Crippen molar-refractivity contribution in [3.05, 3.63) is 44.9 Å². The van der Waals surface area contributed by atoms with Crippen molar-refractivity contribution in [1.82, 2.24) is 4.98 Å². The van der Waals surface area contributed by atoms with Gasteiger partial charge in [-0.25, -0.2) is 4.98 Å². The molecule has 1 N–H and O–H groups in total. The van der Waals surface area contributed by atoms with E-state index in [1.54, 1.807) is 11.6 Å². The van der Waals surface area contributed by atoms with Crippen LogP contribution in [0.4, 0.5) is 5.69 Å². The van der Waals surface area contributed by atoms with Crippen LogP contribution >= 0.6 is 22.9 Å². The number of nitrogens with zero attached hydrogens (tertiary/aromatic N) is 1. The molecular weight excluding hydrogens is 256 g/mol. The molecule has 0 saturated heterocycles. The highest BCUT2D eigenvalue weighted by atomic mass is 35.5. The molecule has 88 valence electrons. The summed E-state index contributed by atoms with van der Waals surface area (Å²) in [5, 5.41) is 5.53. The number of carbonyl (C=O) groups is 1. The number of aryl methyl sites for hydroxylation is 2. The van der Waals surface area contributed by atoms with Crippen LogP contribution in [0.1, 0.15) is 20.9 Å². The summed E-state index contributed by atoms with van der Waals surface area (Å²) >= 11 is 7.41. The van der Waals surface area contributed by atoms with E-state index in [0.29, 0.717) is 15.7 Å². The number of nitrogens with one attached hydrogen (secondary N) is 1. The molecule has 5 heteroatoms. The Bertz CT molecular complexity index is 529. The number of anilines is 1. The molecule has 17 heavy (non-hydrogen) atoms. The van der Waals surface area contributed by atoms with Gasteiger partial charge in [0.05, 0.1) is 10.7 Å². The molecule has 0 aliphatic heterocycles. The van der Waals surface area contributed by atoms with Crippen molar-refractivity contribution in [2.75, 3.05) is 5.32 Å². The van der Waals surface area contributed by atoms with Gasteiger partial charge in [0, 0.05) is 11.6 Å². The van der Waals surface area contributed by atoms with E-state index in [9.17, 15) is 4.79 Å². The predicted octanol–water partition coefficient (Wildman–Crippen LogP) is 3.67. The topological polar surface area (TPSA) is 42.0 Å². The van der Waals surface area contributed by atoms with Crippen LogP contribution in [0.3, 0.4) is 0 Å². The van der Waals surface area contributed by atoms with Gasteiger partial charge in [0.2, 0.25) is 0 Å². The lowest BCUT2D eigenvalue weighted by Crippen LogP contribution is -2.12. The first-order valence-electron chi connectivity index (χ1n) is 5.05. The van der Waals surface area contributed by atoms with Gasteiger partial charge >= 0.3 is 0 Å². The van der Waals surface area contributed by atoms with E-state index in [1.807, 2.05) is 26.0 Å². The number of benzene rings is 1. The fraction of sp³-hybridized carbons (Fsp3) is 0.167. The van der Waals surface area contributed by atoms with Gasteiger partial charge in [-0.1, -0.05) is 17.7 Å². The summed E-state index contributed by atoms with van der Waals surface area (Å²) < 4.78 is 0. The molecule has 1 heterocycles. The molecule has 1 amide bonds. The van der Waals surface area contributed by atoms with Gasteiger partial charge in [-0.15, -0.1) is 11.3 Å². The molecule has 1 aromatic heterocycles. The Morgan fingerprint density at radius 1 is 1.41 bits per heavy atom. The Morgan fingerprint density at radius 3 is 2.76 bits per heavy atom. The minimum absolute atomic E-state index is 0.228. The second-order valence-electron chi connectivity index (χ2n) is 3.73. The van der Waals surface area contributed by atoms with Gasteiger partial charge < -0.3 is 5.32 Å². The number of carbonyl (C=O) groups excluding carboxylic acids is 1. The number of hydrogen-bond acceptors (Lipinski definition) is 3. The van der Waals surface area contributed by atoms with Crippen LogP contribution in [0, 0.1) is 13.8 Å². The summed E-state index contributed by atoms with van der Waals surface area (Å²) in [7, 11) is 0. The number of halogens is 1. The van der Waals surface area contributed by atoms with Crippen molar-refractivity contribution in [2.45, 2.75) is 13.8 Å². The quantitative estimate of drug-likeness (QED) is 0.901. The normalized spacial score (nSPS) is 10.3. The Balaban J connectivity index is 2.28. The van der Waals surface area contributed by atoms with E-state index in [2.05, 4.69) is 10.3 Å². The summed E-state index contributed by atoms with van der Waals surface area (Å²) in [6.45, 7) is 3.88. The third-order valence-corrected chi connectivity index (χ3v) is 3.37. The maximum absolute atomic E-state index is 11.8. The Morgan fingerprint density at radius 2 is 2.18 bits per heavy atom. The van der Waals surface area contributed by atoms with Crippen molar-refractivity contribution < 1.29 is 4.79 Å². The summed E-state index contributed by atoms with van der Waals surface area (Å²) in [6.07, 6.45) is 1.60. The van der Waals surface area contributed by atoms with E-state index >= 15 is 0 Å². The van der Waals surface area contributed by atoms with E-state index in [-0.39, 0.29) is 5.91 Å². The van der Waals surface area contributed by atoms with Crippen molar-refractivity contribution in [3.63, 3.8) is 0 Å². The fourth-order valence-electron chi connectivity index (χ4n) is 1.58. The van der Waals surface area contributed by atoms with E-state index in [1.165, 1.54) is 11.3 Å². The fourth-order valence-corrected chi connectivity index (χ4v) is 2.48. The van der Waals surface area contributed by atoms with E-state index in [0.717, 1.165) is 11.1 Å². The highest BCUT2D eigenvalue weighted by molar-refractivity contribution is 7.11. The van der Waals surface area contributed by atoms with Crippen molar-refractivity contribution in [2.24, 2.45) is 0 Å². The second kappa shape index (κ2) is 4.85. The zero-order chi connectivity index (χ0) is 12.4. The Kier molecular flexibility index (Phi) is 3.45. The minimum atomic E-state index is -0.228. The zero-order valence-electron chi connectivity index (χ0n) is 9.45.